The van der Waals surface area contributed by atoms with Gasteiger partial charge in [-0.05, 0) is 112 Å². The zero-order valence-corrected chi connectivity index (χ0v) is 41.6. The Hall–Kier alpha value is -8.98. The van der Waals surface area contributed by atoms with E-state index in [1.54, 1.807) is 0 Å². The van der Waals surface area contributed by atoms with Gasteiger partial charge >= 0.3 is 6.85 Å². The molecule has 0 radical (unpaired) electrons. The van der Waals surface area contributed by atoms with Gasteiger partial charge in [0.05, 0.1) is 27.3 Å². The highest BCUT2D eigenvalue weighted by Gasteiger charge is 2.47. The third-order valence-electron chi connectivity index (χ3n) is 15.5. The van der Waals surface area contributed by atoms with Gasteiger partial charge in [0.2, 0.25) is 0 Å². The molecule has 0 saturated carbocycles. The summed E-state index contributed by atoms with van der Waals surface area (Å²) in [5.74, 6) is 2.73. The Kier molecular flexibility index (Phi) is 8.59. The van der Waals surface area contributed by atoms with Crippen molar-refractivity contribution in [3.63, 3.8) is 0 Å². The van der Waals surface area contributed by atoms with Crippen LogP contribution in [0.2, 0.25) is 0 Å². The van der Waals surface area contributed by atoms with Gasteiger partial charge in [-0.2, -0.15) is 0 Å². The highest BCUT2D eigenvalue weighted by Crippen LogP contribution is 2.57. The summed E-state index contributed by atoms with van der Waals surface area (Å²) in [5.41, 5.74) is 17.4. The molecular weight excluding hydrogens is 926 g/mol. The second-order valence-electron chi connectivity index (χ2n) is 20.8. The van der Waals surface area contributed by atoms with Crippen LogP contribution in [0.4, 0.5) is 34.1 Å². The summed E-state index contributed by atoms with van der Waals surface area (Å²) in [6.07, 6.45) is 0. The standard InChI is InChI=1S/C66H44BN3O3S/c1-66(2,3)40-31-33-49(46(35-40)39-19-7-4-8-20-39)69-51-38-56-55(72-53-28-16-17-29-54(53)73-56)37-48(51)67-62-47(36-57-59(64(62)69)44-25-13-15-27-52(44)71-57)43-32-34-50(68(41-21-9-5-10-22-41)42-23-11-6-12-24-42)61-60-45-26-14-18-30-58(45)74-65(60)70(67)63(43)61/h4-38H,1-3H3. The Morgan fingerprint density at radius 2 is 1.15 bits per heavy atom. The van der Waals surface area contributed by atoms with Crippen LogP contribution in [0, 0.1) is 0 Å². The number of furan rings is 1. The molecular formula is C66H44BN3O3S. The van der Waals surface area contributed by atoms with Crippen molar-refractivity contribution in [2.45, 2.75) is 26.2 Å². The van der Waals surface area contributed by atoms with Crippen LogP contribution in [0.15, 0.2) is 217 Å². The van der Waals surface area contributed by atoms with Crippen molar-refractivity contribution in [1.82, 2.24) is 4.48 Å². The summed E-state index contributed by atoms with van der Waals surface area (Å²) in [5, 5.41) is 5.84. The normalized spacial score (nSPS) is 13.2. The van der Waals surface area contributed by atoms with E-state index in [-0.39, 0.29) is 12.3 Å². The van der Waals surface area contributed by atoms with Crippen molar-refractivity contribution >= 4 is 116 Å². The molecule has 3 aliphatic rings. The molecule has 16 rings (SSSR count). The van der Waals surface area contributed by atoms with Gasteiger partial charge in [-0.25, -0.2) is 0 Å². The molecule has 8 heteroatoms. The maximum Gasteiger partial charge on any atom is 0.333 e. The van der Waals surface area contributed by atoms with Crippen molar-refractivity contribution in [2.24, 2.45) is 0 Å². The Morgan fingerprint density at radius 1 is 0.500 bits per heavy atom. The van der Waals surface area contributed by atoms with Crippen LogP contribution in [0.3, 0.4) is 0 Å². The van der Waals surface area contributed by atoms with Crippen LogP contribution in [-0.4, -0.2) is 11.3 Å². The summed E-state index contributed by atoms with van der Waals surface area (Å²) < 4.78 is 24.8. The average molecular weight is 970 g/mol. The van der Waals surface area contributed by atoms with Crippen LogP contribution in [0.5, 0.6) is 23.0 Å². The van der Waals surface area contributed by atoms with Gasteiger partial charge in [-0.3, -0.25) is 0 Å². The number of hydrogen-bond donors (Lipinski definition) is 0. The lowest BCUT2D eigenvalue weighted by Crippen LogP contribution is -2.56. The molecule has 6 nitrogen and oxygen atoms in total. The Balaban J connectivity index is 1.10. The number of benzene rings is 10. The molecule has 0 spiro atoms. The first-order valence-corrected chi connectivity index (χ1v) is 26.2. The molecule has 0 atom stereocenters. The van der Waals surface area contributed by atoms with E-state index in [9.17, 15) is 0 Å². The molecule has 74 heavy (non-hydrogen) atoms. The van der Waals surface area contributed by atoms with Crippen molar-refractivity contribution in [3.05, 3.63) is 218 Å². The molecule has 10 aromatic carbocycles. The Bertz CT molecular complexity index is 4460. The van der Waals surface area contributed by atoms with E-state index in [1.807, 2.05) is 35.6 Å². The zero-order chi connectivity index (χ0) is 49.0. The smallest absolute Gasteiger partial charge is 0.333 e. The maximum atomic E-state index is 7.08. The summed E-state index contributed by atoms with van der Waals surface area (Å²) in [6, 6.07) is 76.5. The summed E-state index contributed by atoms with van der Waals surface area (Å²) >= 11 is 1.88. The van der Waals surface area contributed by atoms with Gasteiger partial charge in [-0.1, -0.05) is 148 Å². The van der Waals surface area contributed by atoms with E-state index in [0.29, 0.717) is 23.0 Å². The van der Waals surface area contributed by atoms with Gasteiger partial charge in [-0.15, -0.1) is 11.3 Å². The van der Waals surface area contributed by atoms with Crippen molar-refractivity contribution in [2.75, 3.05) is 9.80 Å². The largest absolute Gasteiger partial charge is 0.456 e. The molecule has 3 aromatic heterocycles. The fraction of sp³-hybridized carbons (Fsp3) is 0.0606. The first-order valence-electron chi connectivity index (χ1n) is 25.4. The predicted molar refractivity (Wildman–Crippen MR) is 308 cm³/mol. The van der Waals surface area contributed by atoms with Crippen molar-refractivity contribution in [1.29, 1.82) is 0 Å². The van der Waals surface area contributed by atoms with Gasteiger partial charge in [0.15, 0.2) is 23.0 Å². The predicted octanol–water partition coefficient (Wildman–Crippen LogP) is 17.7. The maximum absolute atomic E-state index is 7.08. The molecule has 3 aliphatic heterocycles. The number of nitrogens with zero attached hydrogens (tertiary/aromatic N) is 3. The Morgan fingerprint density at radius 3 is 1.88 bits per heavy atom. The molecule has 6 heterocycles. The number of fused-ring (bicyclic) bond motifs is 15. The van der Waals surface area contributed by atoms with Crippen LogP contribution in [-0.2, 0) is 5.41 Å². The highest BCUT2D eigenvalue weighted by atomic mass is 32.1. The molecule has 0 bridgehead atoms. The van der Waals surface area contributed by atoms with Gasteiger partial charge in [0.1, 0.15) is 11.2 Å². The van der Waals surface area contributed by atoms with Gasteiger partial charge in [0, 0.05) is 66.0 Å². The van der Waals surface area contributed by atoms with E-state index in [1.165, 1.54) is 42.2 Å². The first-order chi connectivity index (χ1) is 36.4. The third kappa shape index (κ3) is 5.82. The lowest BCUT2D eigenvalue weighted by molar-refractivity contribution is 0.360. The molecule has 0 unspecified atom stereocenters. The quantitative estimate of drug-likeness (QED) is 0.161. The lowest BCUT2D eigenvalue weighted by Gasteiger charge is -2.42. The second kappa shape index (κ2) is 15.3. The molecule has 350 valence electrons. The number of ether oxygens (including phenoxy) is 2. The van der Waals surface area contributed by atoms with Crippen LogP contribution in [0.25, 0.3) is 75.4 Å². The monoisotopic (exact) mass is 969 g/mol. The molecule has 0 fully saturated rings. The lowest BCUT2D eigenvalue weighted by atomic mass is 9.45. The van der Waals surface area contributed by atoms with Crippen molar-refractivity contribution < 1.29 is 13.9 Å². The van der Waals surface area contributed by atoms with E-state index in [2.05, 4.69) is 223 Å². The zero-order valence-electron chi connectivity index (χ0n) is 40.8. The Labute approximate surface area is 431 Å². The highest BCUT2D eigenvalue weighted by molar-refractivity contribution is 7.26. The third-order valence-corrected chi connectivity index (χ3v) is 16.7. The number of aromatic nitrogens is 1. The summed E-state index contributed by atoms with van der Waals surface area (Å²) in [7, 11) is 0. The first kappa shape index (κ1) is 41.6. The molecule has 0 amide bonds. The fourth-order valence-electron chi connectivity index (χ4n) is 12.3. The topological polar surface area (TPSA) is 43.0 Å². The minimum absolute atomic E-state index is 0.0981. The molecule has 0 N–H and O–H groups in total. The molecule has 0 saturated heterocycles. The summed E-state index contributed by atoms with van der Waals surface area (Å²) in [6.45, 7) is 6.58. The number of hydrogen-bond acceptors (Lipinski definition) is 6. The number of para-hydroxylation sites is 5. The fourth-order valence-corrected chi connectivity index (χ4v) is 13.5. The van der Waals surface area contributed by atoms with Gasteiger partial charge < -0.3 is 28.2 Å². The van der Waals surface area contributed by atoms with Crippen LogP contribution >= 0.6 is 11.3 Å². The van der Waals surface area contributed by atoms with Crippen molar-refractivity contribution in [3.8, 4) is 45.3 Å². The van der Waals surface area contributed by atoms with E-state index >= 15 is 0 Å². The molecule has 13 aromatic rings. The minimum Gasteiger partial charge on any atom is -0.456 e. The van der Waals surface area contributed by atoms with E-state index in [4.69, 9.17) is 13.9 Å². The van der Waals surface area contributed by atoms with E-state index < -0.39 is 0 Å². The number of anilines is 6. The summed E-state index contributed by atoms with van der Waals surface area (Å²) in [4.78, 5) is 6.18. The van der Waals surface area contributed by atoms with Gasteiger partial charge in [0.25, 0.3) is 0 Å². The average Bonchev–Trinajstić information content (AvgIpc) is 4.11. The number of rotatable bonds is 5. The minimum atomic E-state index is -0.304. The molecule has 0 aliphatic carbocycles. The van der Waals surface area contributed by atoms with E-state index in [0.717, 1.165) is 83.8 Å². The number of thiophene rings is 1. The van der Waals surface area contributed by atoms with Crippen LogP contribution in [0.1, 0.15) is 26.3 Å². The second-order valence-corrected chi connectivity index (χ2v) is 21.8. The van der Waals surface area contributed by atoms with Crippen LogP contribution < -0.4 is 30.2 Å². The SMILES string of the molecule is CC(C)(C)c1ccc(N2c3cc4c(cc3B3c5c(cc6oc7ccccc7c6c52)-c2ccc(N(c5ccccc5)c5ccccc5)c5c6c7ccccc7sc6n3c25)Oc2ccccc2O4)c(-c2ccccc2)c1.